The molecule has 20 heavy (non-hydrogen) atoms. The molecule has 1 aromatic carbocycles. The number of likely N-dealkylation sites (N-methyl/N-ethyl adjacent to an activating group) is 1. The average Bonchev–Trinajstić information content (AvgIpc) is 2.36. The number of sulfonamides is 1. The van der Waals surface area contributed by atoms with Gasteiger partial charge in [-0.3, -0.25) is 9.10 Å². The minimum atomic E-state index is -3.55. The number of anilines is 1. The number of hydrogen-bond donors (Lipinski definition) is 0. The molecule has 0 saturated carbocycles. The molecule has 112 valence electrons. The maximum Gasteiger partial charge on any atom is 0.243 e. The summed E-state index contributed by atoms with van der Waals surface area (Å²) in [5.74, 6) is -0.236. The largest absolute Gasteiger partial charge is 0.342 e. The molecule has 1 amide bonds. The number of nitrogens with zero attached hydrogens (tertiary/aromatic N) is 2. The van der Waals surface area contributed by atoms with E-state index in [0.717, 1.165) is 10.6 Å². The molecule has 0 bridgehead atoms. The van der Waals surface area contributed by atoms with Gasteiger partial charge in [0.15, 0.2) is 0 Å². The van der Waals surface area contributed by atoms with Crippen LogP contribution in [0.25, 0.3) is 0 Å². The normalized spacial score (nSPS) is 11.2. The average molecular weight is 319 g/mol. The van der Waals surface area contributed by atoms with Crippen LogP contribution in [0.5, 0.6) is 0 Å². The number of amides is 1. The highest BCUT2D eigenvalue weighted by molar-refractivity contribution is 7.92. The smallest absolute Gasteiger partial charge is 0.243 e. The minimum Gasteiger partial charge on any atom is -0.342 e. The zero-order valence-electron chi connectivity index (χ0n) is 11.8. The third kappa shape index (κ3) is 4.38. The van der Waals surface area contributed by atoms with E-state index < -0.39 is 10.0 Å². The number of carbonyl (C=O) groups is 1. The summed E-state index contributed by atoms with van der Waals surface area (Å²) >= 11 is 5.88. The third-order valence-corrected chi connectivity index (χ3v) is 4.27. The van der Waals surface area contributed by atoms with Crippen LogP contribution in [0, 0.1) is 0 Å². The lowest BCUT2D eigenvalue weighted by Gasteiger charge is -2.26. The lowest BCUT2D eigenvalue weighted by Crippen LogP contribution is -2.42. The predicted molar refractivity (Wildman–Crippen MR) is 81.6 cm³/mol. The SMILES string of the molecule is CCN(CC)C(=O)CN(c1cccc(Cl)c1)S(C)(=O)=O. The number of rotatable bonds is 6. The molecule has 0 saturated heterocycles. The van der Waals surface area contributed by atoms with Crippen molar-refractivity contribution >= 4 is 33.2 Å². The molecule has 0 aliphatic rings. The Morgan fingerprint density at radius 1 is 1.25 bits per heavy atom. The van der Waals surface area contributed by atoms with Gasteiger partial charge in [0.05, 0.1) is 11.9 Å². The fraction of sp³-hybridized carbons (Fsp3) is 0.462. The molecule has 0 heterocycles. The molecule has 0 aliphatic heterocycles. The van der Waals surface area contributed by atoms with Crippen LogP contribution < -0.4 is 4.31 Å². The first-order chi connectivity index (χ1) is 9.29. The highest BCUT2D eigenvalue weighted by atomic mass is 35.5. The van der Waals surface area contributed by atoms with Crippen molar-refractivity contribution in [2.24, 2.45) is 0 Å². The topological polar surface area (TPSA) is 57.7 Å². The van der Waals surface area contributed by atoms with Gasteiger partial charge in [0.1, 0.15) is 6.54 Å². The van der Waals surface area contributed by atoms with E-state index in [0.29, 0.717) is 23.8 Å². The zero-order valence-corrected chi connectivity index (χ0v) is 13.4. The van der Waals surface area contributed by atoms with E-state index in [2.05, 4.69) is 0 Å². The molecule has 0 N–H and O–H groups in total. The molecule has 7 heteroatoms. The molecule has 5 nitrogen and oxygen atoms in total. The van der Waals surface area contributed by atoms with Gasteiger partial charge in [-0.15, -0.1) is 0 Å². The second-order valence-corrected chi connectivity index (χ2v) is 6.66. The van der Waals surface area contributed by atoms with Crippen molar-refractivity contribution in [3.63, 3.8) is 0 Å². The highest BCUT2D eigenvalue weighted by Crippen LogP contribution is 2.21. The summed E-state index contributed by atoms with van der Waals surface area (Å²) in [5, 5.41) is 0.423. The summed E-state index contributed by atoms with van der Waals surface area (Å²) in [5.41, 5.74) is 0.389. The van der Waals surface area contributed by atoms with Crippen molar-refractivity contribution in [2.45, 2.75) is 13.8 Å². The Morgan fingerprint density at radius 3 is 2.30 bits per heavy atom. The van der Waals surface area contributed by atoms with Gasteiger partial charge in [-0.05, 0) is 32.0 Å². The molecule has 0 atom stereocenters. The number of hydrogen-bond acceptors (Lipinski definition) is 3. The molecule has 0 spiro atoms. The number of benzene rings is 1. The van der Waals surface area contributed by atoms with Crippen molar-refractivity contribution in [2.75, 3.05) is 30.2 Å². The number of halogens is 1. The molecule has 0 aliphatic carbocycles. The number of carbonyl (C=O) groups excluding carboxylic acids is 1. The molecule has 0 fully saturated rings. The van der Waals surface area contributed by atoms with E-state index in [1.165, 1.54) is 6.07 Å². The van der Waals surface area contributed by atoms with Gasteiger partial charge in [0, 0.05) is 18.1 Å². The van der Waals surface area contributed by atoms with Gasteiger partial charge >= 0.3 is 0 Å². The van der Waals surface area contributed by atoms with Gasteiger partial charge in [0.2, 0.25) is 15.9 Å². The van der Waals surface area contributed by atoms with Gasteiger partial charge in [-0.25, -0.2) is 8.42 Å². The van der Waals surface area contributed by atoms with Crippen LogP contribution in [0.4, 0.5) is 5.69 Å². The third-order valence-electron chi connectivity index (χ3n) is 2.89. The van der Waals surface area contributed by atoms with E-state index in [9.17, 15) is 13.2 Å². The Hall–Kier alpha value is -1.27. The van der Waals surface area contributed by atoms with Gasteiger partial charge in [-0.2, -0.15) is 0 Å². The van der Waals surface area contributed by atoms with Crippen LogP contribution in [0.1, 0.15) is 13.8 Å². The first-order valence-electron chi connectivity index (χ1n) is 6.30. The van der Waals surface area contributed by atoms with Crippen LogP contribution in [0.2, 0.25) is 5.02 Å². The molecule has 1 aromatic rings. The van der Waals surface area contributed by atoms with Crippen LogP contribution in [-0.4, -0.2) is 45.1 Å². The van der Waals surface area contributed by atoms with Crippen molar-refractivity contribution in [1.82, 2.24) is 4.90 Å². The van der Waals surface area contributed by atoms with Crippen molar-refractivity contribution in [1.29, 1.82) is 0 Å². The molecule has 0 unspecified atom stereocenters. The predicted octanol–water partition coefficient (Wildman–Crippen LogP) is 1.97. The summed E-state index contributed by atoms with van der Waals surface area (Å²) < 4.78 is 24.8. The van der Waals surface area contributed by atoms with E-state index in [1.54, 1.807) is 23.1 Å². The summed E-state index contributed by atoms with van der Waals surface area (Å²) in [4.78, 5) is 13.7. The molecular weight excluding hydrogens is 300 g/mol. The van der Waals surface area contributed by atoms with Gasteiger partial charge in [0.25, 0.3) is 0 Å². The molecular formula is C13H19ClN2O3S. The van der Waals surface area contributed by atoms with E-state index in [-0.39, 0.29) is 12.5 Å². The van der Waals surface area contributed by atoms with E-state index in [1.807, 2.05) is 13.8 Å². The fourth-order valence-electron chi connectivity index (χ4n) is 1.83. The summed E-state index contributed by atoms with van der Waals surface area (Å²) in [6.45, 7) is 4.57. The summed E-state index contributed by atoms with van der Waals surface area (Å²) in [6.07, 6.45) is 1.07. The first-order valence-corrected chi connectivity index (χ1v) is 8.53. The van der Waals surface area contributed by atoms with E-state index >= 15 is 0 Å². The minimum absolute atomic E-state index is 0.221. The monoisotopic (exact) mass is 318 g/mol. The summed E-state index contributed by atoms with van der Waals surface area (Å²) in [6, 6.07) is 6.44. The van der Waals surface area contributed by atoms with Crippen molar-refractivity contribution < 1.29 is 13.2 Å². The highest BCUT2D eigenvalue weighted by Gasteiger charge is 2.23. The Morgan fingerprint density at radius 2 is 1.85 bits per heavy atom. The quantitative estimate of drug-likeness (QED) is 0.806. The zero-order chi connectivity index (χ0) is 15.3. The lowest BCUT2D eigenvalue weighted by molar-refractivity contribution is -0.129. The first kappa shape index (κ1) is 16.8. The second-order valence-electron chi connectivity index (χ2n) is 4.32. The van der Waals surface area contributed by atoms with Crippen LogP contribution in [-0.2, 0) is 14.8 Å². The molecule has 0 aromatic heterocycles. The van der Waals surface area contributed by atoms with Crippen molar-refractivity contribution in [3.8, 4) is 0 Å². The maximum absolute atomic E-state index is 12.1. The fourth-order valence-corrected chi connectivity index (χ4v) is 2.86. The Labute approximate surface area is 125 Å². The molecule has 0 radical (unpaired) electrons. The van der Waals surface area contributed by atoms with Gasteiger partial charge in [-0.1, -0.05) is 17.7 Å². The summed E-state index contributed by atoms with van der Waals surface area (Å²) in [7, 11) is -3.55. The standard InChI is InChI=1S/C13H19ClN2O3S/c1-4-15(5-2)13(17)10-16(20(3,18)19)12-8-6-7-11(14)9-12/h6-9H,4-5,10H2,1-3H3. The molecule has 1 rings (SSSR count). The Bertz CT molecular complexity index is 571. The lowest BCUT2D eigenvalue weighted by atomic mass is 10.3. The van der Waals surface area contributed by atoms with Crippen LogP contribution in [0.3, 0.4) is 0 Å². The van der Waals surface area contributed by atoms with Crippen molar-refractivity contribution in [3.05, 3.63) is 29.3 Å². The van der Waals surface area contributed by atoms with E-state index in [4.69, 9.17) is 11.6 Å². The maximum atomic E-state index is 12.1. The Balaban J connectivity index is 3.07. The van der Waals surface area contributed by atoms with Crippen LogP contribution >= 0.6 is 11.6 Å². The van der Waals surface area contributed by atoms with Gasteiger partial charge < -0.3 is 4.90 Å². The Kier molecular flexibility index (Phi) is 5.83. The van der Waals surface area contributed by atoms with Crippen LogP contribution in [0.15, 0.2) is 24.3 Å². The second kappa shape index (κ2) is 6.95.